The zero-order valence-corrected chi connectivity index (χ0v) is 16.1. The van der Waals surface area contributed by atoms with Gasteiger partial charge >= 0.3 is 0 Å². The number of amidine groups is 1. The SMILES string of the molecule is CCSC1=NN2C(=c3cc(Br)ccc3=N[C@@H]2c2ccc(F)cc2)C(=O)N1. The van der Waals surface area contributed by atoms with Gasteiger partial charge in [-0.25, -0.2) is 9.40 Å². The smallest absolute Gasteiger partial charge is 0.276 e. The summed E-state index contributed by atoms with van der Waals surface area (Å²) < 4.78 is 14.2. The van der Waals surface area contributed by atoms with E-state index in [9.17, 15) is 9.18 Å². The lowest BCUT2D eigenvalue weighted by atomic mass is 10.1. The number of hydrogen-bond donors (Lipinski definition) is 1. The highest BCUT2D eigenvalue weighted by molar-refractivity contribution is 9.10. The first-order valence-electron chi connectivity index (χ1n) is 8.02. The van der Waals surface area contributed by atoms with Crippen LogP contribution in [0.3, 0.4) is 0 Å². The van der Waals surface area contributed by atoms with Gasteiger partial charge in [0, 0.05) is 9.69 Å². The number of amides is 1. The number of halogens is 2. The van der Waals surface area contributed by atoms with Gasteiger partial charge in [-0.1, -0.05) is 46.7 Å². The van der Waals surface area contributed by atoms with Crippen LogP contribution in [0, 0.1) is 5.82 Å². The number of benzene rings is 2. The molecule has 2 heterocycles. The van der Waals surface area contributed by atoms with Crippen molar-refractivity contribution >= 4 is 44.5 Å². The van der Waals surface area contributed by atoms with Crippen molar-refractivity contribution in [3.8, 4) is 0 Å². The van der Waals surface area contributed by atoms with E-state index in [1.807, 2.05) is 25.1 Å². The van der Waals surface area contributed by atoms with Gasteiger partial charge in [0.2, 0.25) is 0 Å². The molecule has 2 aromatic carbocycles. The summed E-state index contributed by atoms with van der Waals surface area (Å²) in [5, 5.41) is 11.0. The number of carbonyl (C=O) groups is 1. The maximum Gasteiger partial charge on any atom is 0.276 e. The molecule has 132 valence electrons. The second kappa shape index (κ2) is 6.85. The molecule has 1 amide bonds. The van der Waals surface area contributed by atoms with Gasteiger partial charge < -0.3 is 0 Å². The van der Waals surface area contributed by atoms with Crippen molar-refractivity contribution in [2.24, 2.45) is 10.1 Å². The predicted octanol–water partition coefficient (Wildman–Crippen LogP) is 2.48. The number of fused-ring (bicyclic) bond motifs is 2. The molecule has 0 bridgehead atoms. The molecule has 1 atom stereocenters. The average molecular weight is 433 g/mol. The van der Waals surface area contributed by atoms with E-state index in [2.05, 4.69) is 26.3 Å². The van der Waals surface area contributed by atoms with Crippen LogP contribution in [0.15, 0.2) is 57.0 Å². The number of hydrogen-bond acceptors (Lipinski definition) is 5. The average Bonchev–Trinajstić information content (AvgIpc) is 2.62. The molecule has 2 aliphatic rings. The molecule has 26 heavy (non-hydrogen) atoms. The molecule has 2 aromatic rings. The number of nitrogens with zero attached hydrogens (tertiary/aromatic N) is 3. The van der Waals surface area contributed by atoms with Gasteiger partial charge in [-0.2, -0.15) is 0 Å². The quantitative estimate of drug-likeness (QED) is 0.792. The van der Waals surface area contributed by atoms with Gasteiger partial charge in [0.25, 0.3) is 5.91 Å². The van der Waals surface area contributed by atoms with Gasteiger partial charge in [-0.05, 0) is 41.6 Å². The fourth-order valence-corrected chi connectivity index (χ4v) is 3.85. The molecule has 0 spiro atoms. The number of carbonyl (C=O) groups excluding carboxylic acids is 1. The van der Waals surface area contributed by atoms with Crippen molar-refractivity contribution in [3.05, 3.63) is 68.9 Å². The summed E-state index contributed by atoms with van der Waals surface area (Å²) >= 11 is 4.89. The Bertz CT molecular complexity index is 1040. The fourth-order valence-electron chi connectivity index (χ4n) is 2.91. The van der Waals surface area contributed by atoms with E-state index in [4.69, 9.17) is 4.99 Å². The lowest BCUT2D eigenvalue weighted by Crippen LogP contribution is -2.50. The Morgan fingerprint density at radius 1 is 1.27 bits per heavy atom. The first-order valence-corrected chi connectivity index (χ1v) is 9.80. The molecule has 0 aliphatic carbocycles. The Hall–Kier alpha value is -2.19. The molecule has 2 aliphatic heterocycles. The maximum atomic E-state index is 13.3. The van der Waals surface area contributed by atoms with Crippen molar-refractivity contribution in [3.63, 3.8) is 0 Å². The highest BCUT2D eigenvalue weighted by Crippen LogP contribution is 2.30. The first-order chi connectivity index (χ1) is 12.6. The summed E-state index contributed by atoms with van der Waals surface area (Å²) in [6, 6.07) is 11.7. The lowest BCUT2D eigenvalue weighted by molar-refractivity contribution is -0.116. The van der Waals surface area contributed by atoms with Crippen LogP contribution in [0.2, 0.25) is 0 Å². The Labute approximate surface area is 161 Å². The highest BCUT2D eigenvalue weighted by atomic mass is 79.9. The molecule has 0 radical (unpaired) electrons. The zero-order chi connectivity index (χ0) is 18.3. The number of thioether (sulfide) groups is 1. The Kier molecular flexibility index (Phi) is 4.54. The minimum atomic E-state index is -0.530. The van der Waals surface area contributed by atoms with Gasteiger partial charge in [0.05, 0.1) is 5.36 Å². The predicted molar refractivity (Wildman–Crippen MR) is 103 cm³/mol. The molecule has 4 rings (SSSR count). The molecular formula is C18H14BrFN4OS. The van der Waals surface area contributed by atoms with Crippen LogP contribution in [0.5, 0.6) is 0 Å². The van der Waals surface area contributed by atoms with Crippen molar-refractivity contribution in [2.75, 3.05) is 5.75 Å². The van der Waals surface area contributed by atoms with Crippen molar-refractivity contribution in [1.29, 1.82) is 0 Å². The Morgan fingerprint density at radius 2 is 2.04 bits per heavy atom. The van der Waals surface area contributed by atoms with Crippen LogP contribution in [0.4, 0.5) is 4.39 Å². The number of hydrazone groups is 1. The zero-order valence-electron chi connectivity index (χ0n) is 13.7. The molecule has 5 nitrogen and oxygen atoms in total. The first kappa shape index (κ1) is 17.2. The molecule has 0 fully saturated rings. The Morgan fingerprint density at radius 3 is 2.77 bits per heavy atom. The second-order valence-electron chi connectivity index (χ2n) is 5.70. The van der Waals surface area contributed by atoms with E-state index in [1.54, 1.807) is 17.1 Å². The van der Waals surface area contributed by atoms with E-state index in [0.29, 0.717) is 21.4 Å². The summed E-state index contributed by atoms with van der Waals surface area (Å²) in [7, 11) is 0. The second-order valence-corrected chi connectivity index (χ2v) is 7.87. The molecule has 1 N–H and O–H groups in total. The third-order valence-electron chi connectivity index (χ3n) is 4.02. The molecule has 0 saturated carbocycles. The van der Waals surface area contributed by atoms with Crippen LogP contribution in [-0.2, 0) is 4.79 Å². The van der Waals surface area contributed by atoms with Crippen molar-refractivity contribution < 1.29 is 9.18 Å². The van der Waals surface area contributed by atoms with Crippen LogP contribution in [0.25, 0.3) is 5.70 Å². The summed E-state index contributed by atoms with van der Waals surface area (Å²) in [6.45, 7) is 1.99. The summed E-state index contributed by atoms with van der Waals surface area (Å²) in [5.41, 5.74) is 1.20. The van der Waals surface area contributed by atoms with E-state index in [0.717, 1.165) is 15.8 Å². The summed E-state index contributed by atoms with van der Waals surface area (Å²) in [5.74, 6) is 0.237. The standard InChI is InChI=1S/C18H14BrFN4OS/c1-2-26-18-22-17(25)15-13-9-11(19)5-8-14(13)21-16(24(15)23-18)10-3-6-12(20)7-4-10/h3-9,16H,2H2,1H3,(H,22,23,25)/t16-/m0/s1. The van der Waals surface area contributed by atoms with Gasteiger partial charge in [0.15, 0.2) is 11.3 Å². The molecule has 8 heteroatoms. The maximum absolute atomic E-state index is 13.3. The topological polar surface area (TPSA) is 57.1 Å². The van der Waals surface area contributed by atoms with E-state index < -0.39 is 6.17 Å². The largest absolute Gasteiger partial charge is 0.298 e. The minimum absolute atomic E-state index is 0.225. The highest BCUT2D eigenvalue weighted by Gasteiger charge is 2.34. The molecular weight excluding hydrogens is 419 g/mol. The molecule has 0 unspecified atom stereocenters. The van der Waals surface area contributed by atoms with Crippen LogP contribution >= 0.6 is 27.7 Å². The Balaban J connectivity index is 1.96. The lowest BCUT2D eigenvalue weighted by Gasteiger charge is -2.34. The fraction of sp³-hybridized carbons (Fsp3) is 0.167. The van der Waals surface area contributed by atoms with Crippen LogP contribution in [-0.4, -0.2) is 21.8 Å². The molecule has 0 saturated heterocycles. The van der Waals surface area contributed by atoms with Gasteiger partial charge in [-0.3, -0.25) is 15.1 Å². The summed E-state index contributed by atoms with van der Waals surface area (Å²) in [6.07, 6.45) is -0.530. The normalized spacial score (nSPS) is 18.5. The van der Waals surface area contributed by atoms with Crippen molar-refractivity contribution in [2.45, 2.75) is 13.1 Å². The van der Waals surface area contributed by atoms with Gasteiger partial charge in [-0.15, -0.1) is 5.10 Å². The van der Waals surface area contributed by atoms with E-state index in [-0.39, 0.29) is 11.7 Å². The third kappa shape index (κ3) is 3.03. The van der Waals surface area contributed by atoms with Crippen LogP contribution < -0.4 is 15.9 Å². The van der Waals surface area contributed by atoms with Crippen LogP contribution in [0.1, 0.15) is 18.7 Å². The number of rotatable bonds is 2. The third-order valence-corrected chi connectivity index (χ3v) is 5.26. The van der Waals surface area contributed by atoms with Gasteiger partial charge in [0.1, 0.15) is 11.5 Å². The van der Waals surface area contributed by atoms with E-state index >= 15 is 0 Å². The summed E-state index contributed by atoms with van der Waals surface area (Å²) in [4.78, 5) is 17.6. The monoisotopic (exact) mass is 432 g/mol. The van der Waals surface area contributed by atoms with E-state index in [1.165, 1.54) is 23.9 Å². The number of nitrogens with one attached hydrogen (secondary N) is 1. The van der Waals surface area contributed by atoms with Crippen molar-refractivity contribution in [1.82, 2.24) is 10.3 Å². The minimum Gasteiger partial charge on any atom is -0.298 e. The molecule has 0 aromatic heterocycles.